The second-order valence-electron chi connectivity index (χ2n) is 5.20. The number of thiazole rings is 1. The number of carbonyl (C=O) groups is 1. The van der Waals surface area contributed by atoms with Gasteiger partial charge in [0.25, 0.3) is 0 Å². The van der Waals surface area contributed by atoms with Crippen LogP contribution in [0.3, 0.4) is 0 Å². The largest absolute Gasteiger partial charge is 0.309 e. The molecule has 0 radical (unpaired) electrons. The van der Waals surface area contributed by atoms with Gasteiger partial charge < -0.3 is 5.32 Å². The van der Waals surface area contributed by atoms with E-state index in [0.717, 1.165) is 11.3 Å². The standard InChI is InChI=1S/C18H14N4OS/c1-12-5-7-13(8-6-12)15-11-24-18(21-15)14(10-19)17(23)22-16-4-2-3-9-20-16/h2-9,11,14H,1H3,(H,20,22,23). The number of carbonyl (C=O) groups excluding carboxylic acids is 1. The highest BCUT2D eigenvalue weighted by Gasteiger charge is 2.24. The average molecular weight is 334 g/mol. The fraction of sp³-hybridized carbons (Fsp3) is 0.111. The Kier molecular flexibility index (Phi) is 4.64. The Bertz CT molecular complexity index is 881. The molecule has 118 valence electrons. The van der Waals surface area contributed by atoms with Crippen LogP contribution in [0.25, 0.3) is 11.3 Å². The second kappa shape index (κ2) is 7.02. The van der Waals surface area contributed by atoms with E-state index in [9.17, 15) is 10.1 Å². The molecule has 1 amide bonds. The third-order valence-electron chi connectivity index (χ3n) is 3.42. The van der Waals surface area contributed by atoms with E-state index in [2.05, 4.69) is 15.3 Å². The predicted molar refractivity (Wildman–Crippen MR) is 93.5 cm³/mol. The van der Waals surface area contributed by atoms with Crippen molar-refractivity contribution in [1.29, 1.82) is 5.26 Å². The highest BCUT2D eigenvalue weighted by Crippen LogP contribution is 2.27. The molecule has 0 saturated carbocycles. The van der Waals surface area contributed by atoms with Gasteiger partial charge in [0.1, 0.15) is 10.8 Å². The van der Waals surface area contributed by atoms with Gasteiger partial charge in [0, 0.05) is 17.1 Å². The van der Waals surface area contributed by atoms with Gasteiger partial charge in [-0.2, -0.15) is 5.26 Å². The molecule has 3 rings (SSSR count). The second-order valence-corrected chi connectivity index (χ2v) is 6.09. The number of anilines is 1. The van der Waals surface area contributed by atoms with E-state index in [1.807, 2.05) is 42.6 Å². The number of amides is 1. The summed E-state index contributed by atoms with van der Waals surface area (Å²) in [5.41, 5.74) is 2.89. The quantitative estimate of drug-likeness (QED) is 0.788. The highest BCUT2D eigenvalue weighted by molar-refractivity contribution is 7.10. The molecular weight excluding hydrogens is 320 g/mol. The van der Waals surface area contributed by atoms with Crippen LogP contribution in [-0.4, -0.2) is 15.9 Å². The lowest BCUT2D eigenvalue weighted by Gasteiger charge is -2.07. The maximum absolute atomic E-state index is 12.3. The molecule has 2 aromatic heterocycles. The van der Waals surface area contributed by atoms with Crippen LogP contribution >= 0.6 is 11.3 Å². The van der Waals surface area contributed by atoms with Crippen molar-refractivity contribution in [2.24, 2.45) is 0 Å². The molecule has 6 heteroatoms. The first-order chi connectivity index (χ1) is 11.7. The minimum Gasteiger partial charge on any atom is -0.309 e. The molecule has 0 aliphatic rings. The number of rotatable bonds is 4. The third-order valence-corrected chi connectivity index (χ3v) is 4.33. The summed E-state index contributed by atoms with van der Waals surface area (Å²) in [5, 5.41) is 14.4. The summed E-state index contributed by atoms with van der Waals surface area (Å²) in [4.78, 5) is 20.8. The van der Waals surface area contributed by atoms with Crippen molar-refractivity contribution in [3.8, 4) is 17.3 Å². The maximum atomic E-state index is 12.3. The number of aromatic nitrogens is 2. The monoisotopic (exact) mass is 334 g/mol. The summed E-state index contributed by atoms with van der Waals surface area (Å²) >= 11 is 1.31. The van der Waals surface area contributed by atoms with Crippen molar-refractivity contribution in [3.05, 3.63) is 64.6 Å². The van der Waals surface area contributed by atoms with Crippen LogP contribution in [0.1, 0.15) is 16.5 Å². The molecular formula is C18H14N4OS. The van der Waals surface area contributed by atoms with Gasteiger partial charge in [0.2, 0.25) is 5.91 Å². The lowest BCUT2D eigenvalue weighted by molar-refractivity contribution is -0.116. The molecule has 0 saturated heterocycles. The number of hydrogen-bond acceptors (Lipinski definition) is 5. The van der Waals surface area contributed by atoms with Crippen molar-refractivity contribution in [1.82, 2.24) is 9.97 Å². The van der Waals surface area contributed by atoms with E-state index in [4.69, 9.17) is 0 Å². The van der Waals surface area contributed by atoms with Crippen LogP contribution in [0, 0.1) is 18.3 Å². The molecule has 0 aliphatic carbocycles. The molecule has 2 heterocycles. The van der Waals surface area contributed by atoms with Gasteiger partial charge in [-0.15, -0.1) is 11.3 Å². The number of pyridine rings is 1. The van der Waals surface area contributed by atoms with Crippen LogP contribution in [-0.2, 0) is 4.79 Å². The minimum atomic E-state index is -0.962. The van der Waals surface area contributed by atoms with Gasteiger partial charge in [-0.05, 0) is 19.1 Å². The number of nitrogens with zero attached hydrogens (tertiary/aromatic N) is 3. The summed E-state index contributed by atoms with van der Waals surface area (Å²) in [5.74, 6) is -0.977. The fourth-order valence-electron chi connectivity index (χ4n) is 2.14. The van der Waals surface area contributed by atoms with Gasteiger partial charge >= 0.3 is 0 Å². The van der Waals surface area contributed by atoms with Crippen molar-refractivity contribution < 1.29 is 4.79 Å². The molecule has 1 aromatic carbocycles. The van der Waals surface area contributed by atoms with E-state index >= 15 is 0 Å². The topological polar surface area (TPSA) is 78.7 Å². The Balaban J connectivity index is 1.80. The molecule has 5 nitrogen and oxygen atoms in total. The van der Waals surface area contributed by atoms with Crippen LogP contribution in [0.5, 0.6) is 0 Å². The van der Waals surface area contributed by atoms with Crippen LogP contribution in [0.2, 0.25) is 0 Å². The van der Waals surface area contributed by atoms with Gasteiger partial charge in [0.15, 0.2) is 5.92 Å². The molecule has 1 unspecified atom stereocenters. The molecule has 24 heavy (non-hydrogen) atoms. The number of benzene rings is 1. The SMILES string of the molecule is Cc1ccc(-c2csc(C(C#N)C(=O)Nc3ccccn3)n2)cc1. The normalized spacial score (nSPS) is 11.5. The van der Waals surface area contributed by atoms with E-state index in [1.54, 1.807) is 24.4 Å². The highest BCUT2D eigenvalue weighted by atomic mass is 32.1. The number of nitrogens with one attached hydrogen (secondary N) is 1. The predicted octanol–water partition coefficient (Wildman–Crippen LogP) is 3.76. The van der Waals surface area contributed by atoms with E-state index < -0.39 is 11.8 Å². The van der Waals surface area contributed by atoms with Crippen LogP contribution in [0.15, 0.2) is 54.0 Å². The lowest BCUT2D eigenvalue weighted by atomic mass is 10.1. The van der Waals surface area contributed by atoms with E-state index in [1.165, 1.54) is 16.9 Å². The molecule has 0 spiro atoms. The molecule has 3 aromatic rings. The van der Waals surface area contributed by atoms with Gasteiger partial charge in [-0.1, -0.05) is 35.9 Å². The fourth-order valence-corrected chi connectivity index (χ4v) is 3.01. The lowest BCUT2D eigenvalue weighted by Crippen LogP contribution is -2.20. The zero-order valence-corrected chi connectivity index (χ0v) is 13.7. The Morgan fingerprint density at radius 2 is 2.04 bits per heavy atom. The zero-order valence-electron chi connectivity index (χ0n) is 12.9. The number of nitriles is 1. The summed E-state index contributed by atoms with van der Waals surface area (Å²) < 4.78 is 0. The average Bonchev–Trinajstić information content (AvgIpc) is 3.07. The van der Waals surface area contributed by atoms with E-state index in [-0.39, 0.29) is 0 Å². The van der Waals surface area contributed by atoms with Crippen molar-refractivity contribution in [3.63, 3.8) is 0 Å². The van der Waals surface area contributed by atoms with Gasteiger partial charge in [-0.3, -0.25) is 4.79 Å². The Labute approximate surface area is 143 Å². The van der Waals surface area contributed by atoms with Crippen molar-refractivity contribution in [2.75, 3.05) is 5.32 Å². The zero-order chi connectivity index (χ0) is 16.9. The summed E-state index contributed by atoms with van der Waals surface area (Å²) in [6, 6.07) is 15.2. The third kappa shape index (κ3) is 3.47. The first kappa shape index (κ1) is 15.8. The summed E-state index contributed by atoms with van der Waals surface area (Å²) in [6.07, 6.45) is 1.58. The van der Waals surface area contributed by atoms with Gasteiger partial charge in [0.05, 0.1) is 11.8 Å². The Morgan fingerprint density at radius 3 is 2.71 bits per heavy atom. The van der Waals surface area contributed by atoms with Crippen LogP contribution < -0.4 is 5.32 Å². The van der Waals surface area contributed by atoms with Crippen molar-refractivity contribution in [2.45, 2.75) is 12.8 Å². The molecule has 0 bridgehead atoms. The number of aryl methyl sites for hydroxylation is 1. The summed E-state index contributed by atoms with van der Waals surface area (Å²) in [7, 11) is 0. The molecule has 1 N–H and O–H groups in total. The van der Waals surface area contributed by atoms with Crippen LogP contribution in [0.4, 0.5) is 5.82 Å². The molecule has 0 aliphatic heterocycles. The minimum absolute atomic E-state index is 0.415. The first-order valence-corrected chi connectivity index (χ1v) is 8.19. The first-order valence-electron chi connectivity index (χ1n) is 7.31. The smallest absolute Gasteiger partial charge is 0.249 e. The Hall–Kier alpha value is -3.04. The summed E-state index contributed by atoms with van der Waals surface area (Å²) in [6.45, 7) is 2.02. The van der Waals surface area contributed by atoms with Crippen molar-refractivity contribution >= 4 is 23.1 Å². The van der Waals surface area contributed by atoms with E-state index in [0.29, 0.717) is 10.8 Å². The maximum Gasteiger partial charge on any atom is 0.249 e. The Morgan fingerprint density at radius 1 is 1.25 bits per heavy atom. The molecule has 0 fully saturated rings. The number of hydrogen-bond donors (Lipinski definition) is 1. The van der Waals surface area contributed by atoms with Gasteiger partial charge in [-0.25, -0.2) is 9.97 Å². The molecule has 1 atom stereocenters.